The van der Waals surface area contributed by atoms with Crippen LogP contribution < -0.4 is 5.32 Å². The number of aromatic amines is 1. The molecule has 0 aliphatic heterocycles. The van der Waals surface area contributed by atoms with Gasteiger partial charge < -0.3 is 5.32 Å². The second-order valence-corrected chi connectivity index (χ2v) is 3.61. The molecule has 0 aliphatic carbocycles. The fraction of sp³-hybridized carbons (Fsp3) is 0.200. The van der Waals surface area contributed by atoms with Crippen molar-refractivity contribution in [1.82, 2.24) is 15.2 Å². The highest BCUT2D eigenvalue weighted by Crippen LogP contribution is 2.11. The van der Waals surface area contributed by atoms with Crippen molar-refractivity contribution in [2.45, 2.75) is 13.5 Å². The van der Waals surface area contributed by atoms with Gasteiger partial charge in [0.1, 0.15) is 11.0 Å². The molecule has 2 N–H and O–H groups in total. The van der Waals surface area contributed by atoms with Gasteiger partial charge in [-0.1, -0.05) is 17.7 Å². The summed E-state index contributed by atoms with van der Waals surface area (Å²) in [6, 6.07) is 5.48. The molecule has 0 fully saturated rings. The zero-order valence-electron chi connectivity index (χ0n) is 8.29. The predicted octanol–water partition coefficient (Wildman–Crippen LogP) is 2.38. The van der Waals surface area contributed by atoms with E-state index in [4.69, 9.17) is 11.6 Å². The first-order chi connectivity index (χ1) is 7.25. The number of H-pyrrole nitrogens is 1. The first-order valence-electron chi connectivity index (χ1n) is 4.61. The molecule has 2 rings (SSSR count). The number of hydrogen-bond donors (Lipinski definition) is 2. The van der Waals surface area contributed by atoms with Gasteiger partial charge in [0.15, 0.2) is 0 Å². The minimum Gasteiger partial charge on any atom is -0.366 e. The quantitative estimate of drug-likeness (QED) is 0.784. The lowest BCUT2D eigenvalue weighted by molar-refractivity contribution is 1.04. The Hall–Kier alpha value is -1.55. The highest BCUT2D eigenvalue weighted by atomic mass is 35.5. The zero-order valence-corrected chi connectivity index (χ0v) is 9.04. The van der Waals surface area contributed by atoms with Gasteiger partial charge in [-0.3, -0.25) is 5.10 Å². The van der Waals surface area contributed by atoms with Crippen LogP contribution in [-0.2, 0) is 6.54 Å². The number of hydrogen-bond acceptors (Lipinski definition) is 3. The fourth-order valence-corrected chi connectivity index (χ4v) is 1.41. The van der Waals surface area contributed by atoms with Crippen LogP contribution in [0.1, 0.15) is 11.3 Å². The zero-order chi connectivity index (χ0) is 10.7. The summed E-state index contributed by atoms with van der Waals surface area (Å²) in [6.07, 6.45) is 1.80. The van der Waals surface area contributed by atoms with Gasteiger partial charge in [0.05, 0.1) is 6.20 Å². The van der Waals surface area contributed by atoms with Crippen LogP contribution >= 0.6 is 11.6 Å². The highest BCUT2D eigenvalue weighted by molar-refractivity contribution is 6.29. The molecule has 0 atom stereocenters. The Morgan fingerprint density at radius 1 is 1.47 bits per heavy atom. The number of aromatic nitrogens is 3. The normalized spacial score (nSPS) is 10.3. The Kier molecular flexibility index (Phi) is 2.87. The third-order valence-corrected chi connectivity index (χ3v) is 2.32. The molecule has 0 spiro atoms. The molecular formula is C10H11ClN4. The van der Waals surface area contributed by atoms with Crippen molar-refractivity contribution in [3.63, 3.8) is 0 Å². The molecule has 15 heavy (non-hydrogen) atoms. The minimum absolute atomic E-state index is 0.490. The SMILES string of the molecule is Cc1[nH]ncc1CNc1cccc(Cl)n1. The molecule has 4 nitrogen and oxygen atoms in total. The molecule has 2 aromatic heterocycles. The van der Waals surface area contributed by atoms with Gasteiger partial charge in [-0.2, -0.15) is 5.10 Å². The summed E-state index contributed by atoms with van der Waals surface area (Å²) in [6.45, 7) is 2.67. The van der Waals surface area contributed by atoms with E-state index in [-0.39, 0.29) is 0 Å². The summed E-state index contributed by atoms with van der Waals surface area (Å²) in [7, 11) is 0. The number of pyridine rings is 1. The van der Waals surface area contributed by atoms with Crippen molar-refractivity contribution in [2.75, 3.05) is 5.32 Å². The van der Waals surface area contributed by atoms with Crippen molar-refractivity contribution in [3.8, 4) is 0 Å². The van der Waals surface area contributed by atoms with E-state index in [1.165, 1.54) is 0 Å². The maximum Gasteiger partial charge on any atom is 0.131 e. The number of aryl methyl sites for hydroxylation is 1. The molecule has 0 saturated heterocycles. The Morgan fingerprint density at radius 2 is 2.33 bits per heavy atom. The lowest BCUT2D eigenvalue weighted by Crippen LogP contribution is -2.01. The summed E-state index contributed by atoms with van der Waals surface area (Å²) >= 11 is 5.77. The molecular weight excluding hydrogens is 212 g/mol. The predicted molar refractivity (Wildman–Crippen MR) is 59.9 cm³/mol. The number of rotatable bonds is 3. The van der Waals surface area contributed by atoms with Crippen LogP contribution in [0.2, 0.25) is 5.15 Å². The van der Waals surface area contributed by atoms with Crippen LogP contribution in [0, 0.1) is 6.92 Å². The van der Waals surface area contributed by atoms with Crippen LogP contribution in [0.25, 0.3) is 0 Å². The van der Waals surface area contributed by atoms with E-state index in [9.17, 15) is 0 Å². The van der Waals surface area contributed by atoms with Gasteiger partial charge in [0.2, 0.25) is 0 Å². The van der Waals surface area contributed by atoms with Gasteiger partial charge in [-0.25, -0.2) is 4.98 Å². The molecule has 0 bridgehead atoms. The van der Waals surface area contributed by atoms with E-state index in [0.29, 0.717) is 11.7 Å². The summed E-state index contributed by atoms with van der Waals surface area (Å²) < 4.78 is 0. The molecule has 0 radical (unpaired) electrons. The Labute approximate surface area is 92.7 Å². The lowest BCUT2D eigenvalue weighted by atomic mass is 10.2. The summed E-state index contributed by atoms with van der Waals surface area (Å²) in [5.74, 6) is 0.767. The topological polar surface area (TPSA) is 53.6 Å². The molecule has 5 heteroatoms. The molecule has 0 aliphatic rings. The van der Waals surface area contributed by atoms with E-state index in [2.05, 4.69) is 20.5 Å². The molecule has 0 saturated carbocycles. The largest absolute Gasteiger partial charge is 0.366 e. The second-order valence-electron chi connectivity index (χ2n) is 3.22. The minimum atomic E-state index is 0.490. The third kappa shape index (κ3) is 2.47. The van der Waals surface area contributed by atoms with Crippen molar-refractivity contribution < 1.29 is 0 Å². The highest BCUT2D eigenvalue weighted by Gasteiger charge is 2.00. The molecule has 78 valence electrons. The lowest BCUT2D eigenvalue weighted by Gasteiger charge is -2.04. The van der Waals surface area contributed by atoms with Gasteiger partial charge in [-0.05, 0) is 19.1 Å². The molecule has 2 aromatic rings. The van der Waals surface area contributed by atoms with Crippen LogP contribution in [-0.4, -0.2) is 15.2 Å². The molecule has 0 aromatic carbocycles. The van der Waals surface area contributed by atoms with Crippen molar-refractivity contribution >= 4 is 17.4 Å². The van der Waals surface area contributed by atoms with E-state index in [1.54, 1.807) is 12.3 Å². The van der Waals surface area contributed by atoms with Crippen LogP contribution in [0.3, 0.4) is 0 Å². The fourth-order valence-electron chi connectivity index (χ4n) is 1.25. The van der Waals surface area contributed by atoms with Crippen molar-refractivity contribution in [3.05, 3.63) is 40.8 Å². The average molecular weight is 223 g/mol. The Morgan fingerprint density at radius 3 is 3.00 bits per heavy atom. The monoisotopic (exact) mass is 222 g/mol. The van der Waals surface area contributed by atoms with Gasteiger partial charge in [0.25, 0.3) is 0 Å². The van der Waals surface area contributed by atoms with Crippen LogP contribution in [0.4, 0.5) is 5.82 Å². The molecule has 2 heterocycles. The van der Waals surface area contributed by atoms with E-state index < -0.39 is 0 Å². The Balaban J connectivity index is 2.02. The second kappa shape index (κ2) is 4.31. The summed E-state index contributed by atoms with van der Waals surface area (Å²) in [5.41, 5.74) is 2.18. The first-order valence-corrected chi connectivity index (χ1v) is 4.99. The Bertz CT molecular complexity index is 452. The van der Waals surface area contributed by atoms with Gasteiger partial charge in [0, 0.05) is 17.8 Å². The van der Waals surface area contributed by atoms with E-state index in [0.717, 1.165) is 17.1 Å². The van der Waals surface area contributed by atoms with Crippen LogP contribution in [0.5, 0.6) is 0 Å². The number of nitrogens with zero attached hydrogens (tertiary/aromatic N) is 2. The van der Waals surface area contributed by atoms with E-state index >= 15 is 0 Å². The molecule has 0 unspecified atom stereocenters. The van der Waals surface area contributed by atoms with Crippen molar-refractivity contribution in [2.24, 2.45) is 0 Å². The van der Waals surface area contributed by atoms with E-state index in [1.807, 2.05) is 19.1 Å². The number of halogens is 1. The van der Waals surface area contributed by atoms with Gasteiger partial charge in [-0.15, -0.1) is 0 Å². The van der Waals surface area contributed by atoms with Crippen molar-refractivity contribution in [1.29, 1.82) is 0 Å². The number of nitrogens with one attached hydrogen (secondary N) is 2. The van der Waals surface area contributed by atoms with Crippen LogP contribution in [0.15, 0.2) is 24.4 Å². The standard InChI is InChI=1S/C10H11ClN4/c1-7-8(6-13-15-7)5-12-10-4-2-3-9(11)14-10/h2-4,6H,5H2,1H3,(H,12,14)(H,13,15). The average Bonchev–Trinajstić information content (AvgIpc) is 2.61. The summed E-state index contributed by atoms with van der Waals surface area (Å²) in [5, 5.41) is 10.5. The molecule has 0 amide bonds. The summed E-state index contributed by atoms with van der Waals surface area (Å²) in [4.78, 5) is 4.13. The maximum absolute atomic E-state index is 5.77. The third-order valence-electron chi connectivity index (χ3n) is 2.11. The first kappa shape index (κ1) is 9.98. The van der Waals surface area contributed by atoms with Gasteiger partial charge >= 0.3 is 0 Å². The number of anilines is 1. The maximum atomic E-state index is 5.77. The smallest absolute Gasteiger partial charge is 0.131 e.